The van der Waals surface area contributed by atoms with Crippen molar-refractivity contribution in [2.45, 2.75) is 26.8 Å². The molecular weight excluding hydrogens is 240 g/mol. The van der Waals surface area contributed by atoms with Crippen LogP contribution in [-0.2, 0) is 4.79 Å². The van der Waals surface area contributed by atoms with Crippen molar-refractivity contribution in [2.75, 3.05) is 19.4 Å². The Hall–Kier alpha value is -1.36. The van der Waals surface area contributed by atoms with Crippen molar-refractivity contribution in [3.8, 4) is 0 Å². The lowest BCUT2D eigenvalue weighted by molar-refractivity contribution is -0.129. The number of rotatable bonds is 3. The number of aryl methyl sites for hydroxylation is 2. The van der Waals surface area contributed by atoms with Crippen LogP contribution in [0.4, 0.5) is 5.82 Å². The van der Waals surface area contributed by atoms with Crippen molar-refractivity contribution in [3.63, 3.8) is 0 Å². The Balaban J connectivity index is 2.89. The van der Waals surface area contributed by atoms with Crippen LogP contribution < -0.4 is 5.32 Å². The summed E-state index contributed by atoms with van der Waals surface area (Å²) in [4.78, 5) is 21.6. The first kappa shape index (κ1) is 13.7. The smallest absolute Gasteiger partial charge is 0.244 e. The standard InChI is InChI=1S/C11H17ClN4O/c1-6-7(2)14-10(9(12)13-6)15-8(3)11(17)16(4)5/h8H,1-5H3,(H,14,15). The second-order valence-electron chi connectivity index (χ2n) is 4.13. The quantitative estimate of drug-likeness (QED) is 0.893. The zero-order valence-electron chi connectivity index (χ0n) is 10.7. The lowest BCUT2D eigenvalue weighted by Gasteiger charge is -2.19. The van der Waals surface area contributed by atoms with Crippen LogP contribution in [0.3, 0.4) is 0 Å². The minimum Gasteiger partial charge on any atom is -0.356 e. The number of nitrogens with one attached hydrogen (secondary N) is 1. The molecule has 0 spiro atoms. The molecule has 0 saturated carbocycles. The van der Waals surface area contributed by atoms with Crippen molar-refractivity contribution in [1.82, 2.24) is 14.9 Å². The van der Waals surface area contributed by atoms with Crippen molar-refractivity contribution >= 4 is 23.3 Å². The van der Waals surface area contributed by atoms with Gasteiger partial charge in [-0.05, 0) is 20.8 Å². The molecule has 1 unspecified atom stereocenters. The summed E-state index contributed by atoms with van der Waals surface area (Å²) in [5, 5.41) is 3.25. The highest BCUT2D eigenvalue weighted by Gasteiger charge is 2.17. The Morgan fingerprint density at radius 2 is 1.82 bits per heavy atom. The summed E-state index contributed by atoms with van der Waals surface area (Å²) in [6.07, 6.45) is 0. The summed E-state index contributed by atoms with van der Waals surface area (Å²) in [5.74, 6) is 0.401. The number of nitrogens with zero attached hydrogens (tertiary/aromatic N) is 3. The van der Waals surface area contributed by atoms with Gasteiger partial charge in [0.2, 0.25) is 5.91 Å². The first-order chi connectivity index (χ1) is 7.82. The molecule has 0 aliphatic heterocycles. The Kier molecular flexibility index (Phi) is 4.28. The van der Waals surface area contributed by atoms with Crippen molar-refractivity contribution in [1.29, 1.82) is 0 Å². The van der Waals surface area contributed by atoms with Gasteiger partial charge < -0.3 is 10.2 Å². The number of carbonyl (C=O) groups excluding carboxylic acids is 1. The Bertz CT molecular complexity index is 434. The van der Waals surface area contributed by atoms with Crippen molar-refractivity contribution in [3.05, 3.63) is 16.5 Å². The number of halogens is 1. The normalized spacial score (nSPS) is 12.1. The highest BCUT2D eigenvalue weighted by molar-refractivity contribution is 6.31. The van der Waals surface area contributed by atoms with Crippen LogP contribution in [0.5, 0.6) is 0 Å². The largest absolute Gasteiger partial charge is 0.356 e. The number of anilines is 1. The van der Waals surface area contributed by atoms with Crippen LogP contribution in [0.15, 0.2) is 0 Å². The average Bonchev–Trinajstić information content (AvgIpc) is 2.24. The summed E-state index contributed by atoms with van der Waals surface area (Å²) in [6, 6.07) is -0.390. The van der Waals surface area contributed by atoms with Gasteiger partial charge in [-0.2, -0.15) is 0 Å². The highest BCUT2D eigenvalue weighted by atomic mass is 35.5. The van der Waals surface area contributed by atoms with E-state index in [1.165, 1.54) is 4.90 Å². The number of hydrogen-bond acceptors (Lipinski definition) is 4. The second-order valence-corrected chi connectivity index (χ2v) is 4.49. The molecule has 0 saturated heterocycles. The molecule has 1 aromatic rings. The van der Waals surface area contributed by atoms with Gasteiger partial charge in [0.1, 0.15) is 6.04 Å². The van der Waals surface area contributed by atoms with E-state index in [2.05, 4.69) is 15.3 Å². The van der Waals surface area contributed by atoms with Crippen LogP contribution in [0.1, 0.15) is 18.3 Å². The number of likely N-dealkylation sites (N-methyl/N-ethyl adjacent to an activating group) is 1. The van der Waals surface area contributed by atoms with E-state index in [-0.39, 0.29) is 17.1 Å². The molecule has 5 nitrogen and oxygen atoms in total. The van der Waals surface area contributed by atoms with Gasteiger partial charge in [-0.3, -0.25) is 4.79 Å². The van der Waals surface area contributed by atoms with Crippen LogP contribution >= 0.6 is 11.6 Å². The topological polar surface area (TPSA) is 58.1 Å². The first-order valence-electron chi connectivity index (χ1n) is 5.31. The van der Waals surface area contributed by atoms with E-state index < -0.39 is 0 Å². The highest BCUT2D eigenvalue weighted by Crippen LogP contribution is 2.19. The molecular formula is C11H17ClN4O. The number of hydrogen-bond donors (Lipinski definition) is 1. The molecule has 1 amide bonds. The molecule has 17 heavy (non-hydrogen) atoms. The summed E-state index contributed by atoms with van der Waals surface area (Å²) >= 11 is 5.97. The average molecular weight is 257 g/mol. The maximum absolute atomic E-state index is 11.7. The maximum Gasteiger partial charge on any atom is 0.244 e. The summed E-state index contributed by atoms with van der Waals surface area (Å²) in [6.45, 7) is 5.45. The zero-order valence-corrected chi connectivity index (χ0v) is 11.5. The van der Waals surface area contributed by atoms with Gasteiger partial charge in [-0.25, -0.2) is 9.97 Å². The molecule has 1 heterocycles. The van der Waals surface area contributed by atoms with Crippen molar-refractivity contribution < 1.29 is 4.79 Å². The fourth-order valence-electron chi connectivity index (χ4n) is 1.32. The van der Waals surface area contributed by atoms with Crippen LogP contribution in [-0.4, -0.2) is 40.9 Å². The first-order valence-corrected chi connectivity index (χ1v) is 5.69. The molecule has 0 radical (unpaired) electrons. The van der Waals surface area contributed by atoms with E-state index in [1.54, 1.807) is 21.0 Å². The number of amides is 1. The van der Waals surface area contributed by atoms with Gasteiger partial charge in [0.05, 0.1) is 11.4 Å². The third-order valence-electron chi connectivity index (χ3n) is 2.43. The molecule has 0 aromatic carbocycles. The van der Waals surface area contributed by atoms with E-state index >= 15 is 0 Å². The maximum atomic E-state index is 11.7. The summed E-state index contributed by atoms with van der Waals surface area (Å²) < 4.78 is 0. The molecule has 0 aliphatic rings. The zero-order chi connectivity index (χ0) is 13.2. The van der Waals surface area contributed by atoms with E-state index in [0.29, 0.717) is 5.82 Å². The minimum atomic E-state index is -0.390. The van der Waals surface area contributed by atoms with Gasteiger partial charge in [-0.1, -0.05) is 11.6 Å². The predicted molar refractivity (Wildman–Crippen MR) is 68.3 cm³/mol. The Labute approximate surface area is 106 Å². The van der Waals surface area contributed by atoms with E-state index in [0.717, 1.165) is 11.4 Å². The van der Waals surface area contributed by atoms with Crippen molar-refractivity contribution in [2.24, 2.45) is 0 Å². The lowest BCUT2D eigenvalue weighted by Crippen LogP contribution is -2.37. The van der Waals surface area contributed by atoms with Gasteiger partial charge in [0, 0.05) is 14.1 Å². The van der Waals surface area contributed by atoms with E-state index in [1.807, 2.05) is 13.8 Å². The second kappa shape index (κ2) is 5.31. The molecule has 6 heteroatoms. The fraction of sp³-hybridized carbons (Fsp3) is 0.545. The van der Waals surface area contributed by atoms with Gasteiger partial charge >= 0.3 is 0 Å². The van der Waals surface area contributed by atoms with E-state index in [9.17, 15) is 4.79 Å². The fourth-order valence-corrected chi connectivity index (χ4v) is 1.55. The Morgan fingerprint density at radius 3 is 2.35 bits per heavy atom. The Morgan fingerprint density at radius 1 is 1.29 bits per heavy atom. The predicted octanol–water partition coefficient (Wildman–Crippen LogP) is 1.64. The molecule has 1 aromatic heterocycles. The molecule has 94 valence electrons. The monoisotopic (exact) mass is 256 g/mol. The third kappa shape index (κ3) is 3.30. The molecule has 1 atom stereocenters. The molecule has 1 rings (SSSR count). The summed E-state index contributed by atoms with van der Waals surface area (Å²) in [7, 11) is 3.41. The van der Waals surface area contributed by atoms with Gasteiger partial charge in [0.25, 0.3) is 0 Å². The molecule has 0 bridgehead atoms. The molecule has 0 fully saturated rings. The molecule has 0 aliphatic carbocycles. The minimum absolute atomic E-state index is 0.0407. The number of carbonyl (C=O) groups is 1. The van der Waals surface area contributed by atoms with Crippen LogP contribution in [0, 0.1) is 13.8 Å². The molecule has 1 N–H and O–H groups in total. The number of aromatic nitrogens is 2. The SMILES string of the molecule is Cc1nc(Cl)c(NC(C)C(=O)N(C)C)nc1C. The van der Waals surface area contributed by atoms with Gasteiger partial charge in [0.15, 0.2) is 11.0 Å². The lowest BCUT2D eigenvalue weighted by atomic mass is 10.3. The van der Waals surface area contributed by atoms with E-state index in [4.69, 9.17) is 11.6 Å². The van der Waals surface area contributed by atoms with Crippen LogP contribution in [0.25, 0.3) is 0 Å². The third-order valence-corrected chi connectivity index (χ3v) is 2.69. The van der Waals surface area contributed by atoms with Crippen LogP contribution in [0.2, 0.25) is 5.15 Å². The van der Waals surface area contributed by atoms with Gasteiger partial charge in [-0.15, -0.1) is 0 Å². The summed E-state index contributed by atoms with van der Waals surface area (Å²) in [5.41, 5.74) is 1.58.